The Hall–Kier alpha value is -1.29. The van der Waals surface area contributed by atoms with Gasteiger partial charge in [0, 0.05) is 5.69 Å². The molecule has 0 heterocycles. The molecule has 0 radical (unpaired) electrons. The molecule has 0 aliphatic rings. The Morgan fingerprint density at radius 2 is 1.93 bits per heavy atom. The topological polar surface area (TPSA) is 47.3 Å². The van der Waals surface area contributed by atoms with Crippen molar-refractivity contribution in [3.05, 3.63) is 24.3 Å². The van der Waals surface area contributed by atoms with E-state index in [4.69, 9.17) is 22.7 Å². The van der Waals surface area contributed by atoms with Crippen LogP contribution in [0.3, 0.4) is 0 Å². The van der Waals surface area contributed by atoms with Crippen molar-refractivity contribution in [1.82, 2.24) is 0 Å². The number of anilines is 1. The molecule has 0 saturated heterocycles. The van der Waals surface area contributed by atoms with Crippen LogP contribution in [-0.4, -0.2) is 11.2 Å². The number of nitrogens with one attached hydrogen (secondary N) is 1. The van der Waals surface area contributed by atoms with Crippen LogP contribution in [0, 0.1) is 0 Å². The molecule has 14 heavy (non-hydrogen) atoms. The Labute approximate surface area is 89.3 Å². The van der Waals surface area contributed by atoms with Gasteiger partial charge in [-0.25, -0.2) is 0 Å². The second-order valence-electron chi connectivity index (χ2n) is 3.18. The molecule has 0 atom stereocenters. The first-order valence-electron chi connectivity index (χ1n) is 4.41. The van der Waals surface area contributed by atoms with E-state index in [0.29, 0.717) is 0 Å². The minimum atomic E-state index is 0.185. The van der Waals surface area contributed by atoms with Crippen LogP contribution in [0.1, 0.15) is 13.8 Å². The summed E-state index contributed by atoms with van der Waals surface area (Å²) in [5, 5.41) is 3.11. The van der Waals surface area contributed by atoms with E-state index in [-0.39, 0.29) is 11.2 Å². The van der Waals surface area contributed by atoms with Crippen molar-refractivity contribution in [1.29, 1.82) is 0 Å². The first-order valence-corrected chi connectivity index (χ1v) is 4.82. The Kier molecular flexibility index (Phi) is 3.71. The number of nitrogens with two attached hydrogens (primary N) is 1. The Bertz CT molecular complexity index is 308. The summed E-state index contributed by atoms with van der Waals surface area (Å²) < 4.78 is 5.48. The molecule has 4 heteroatoms. The monoisotopic (exact) mass is 210 g/mol. The minimum absolute atomic E-state index is 0.185. The van der Waals surface area contributed by atoms with Crippen LogP contribution in [0.2, 0.25) is 0 Å². The molecule has 1 rings (SSSR count). The summed E-state index contributed by atoms with van der Waals surface area (Å²) in [5.41, 5.74) is 6.20. The predicted octanol–water partition coefficient (Wildman–Crippen LogP) is 2.13. The number of thiocarbonyl (C=S) groups is 1. The van der Waals surface area contributed by atoms with Gasteiger partial charge in [0.25, 0.3) is 0 Å². The van der Waals surface area contributed by atoms with Crippen LogP contribution in [0.4, 0.5) is 5.69 Å². The van der Waals surface area contributed by atoms with E-state index < -0.39 is 0 Å². The summed E-state index contributed by atoms with van der Waals surface area (Å²) in [7, 11) is 0. The Morgan fingerprint density at radius 1 is 1.36 bits per heavy atom. The largest absolute Gasteiger partial charge is 0.491 e. The van der Waals surface area contributed by atoms with E-state index in [1.165, 1.54) is 0 Å². The molecule has 0 unspecified atom stereocenters. The maximum atomic E-state index is 5.48. The quantitative estimate of drug-likeness (QED) is 0.750. The molecule has 0 fully saturated rings. The van der Waals surface area contributed by atoms with Crippen LogP contribution < -0.4 is 15.8 Å². The lowest BCUT2D eigenvalue weighted by Crippen LogP contribution is -2.18. The molecule has 76 valence electrons. The molecule has 0 aliphatic carbocycles. The smallest absolute Gasteiger partial charge is 0.168 e. The van der Waals surface area contributed by atoms with Gasteiger partial charge in [0.2, 0.25) is 0 Å². The van der Waals surface area contributed by atoms with E-state index >= 15 is 0 Å². The van der Waals surface area contributed by atoms with Crippen LogP contribution >= 0.6 is 12.2 Å². The number of ether oxygens (including phenoxy) is 1. The van der Waals surface area contributed by atoms with E-state index in [1.807, 2.05) is 38.1 Å². The summed E-state index contributed by atoms with van der Waals surface area (Å²) in [4.78, 5) is 0. The highest BCUT2D eigenvalue weighted by atomic mass is 32.1. The normalized spacial score (nSPS) is 9.93. The highest BCUT2D eigenvalue weighted by molar-refractivity contribution is 7.80. The lowest BCUT2D eigenvalue weighted by molar-refractivity contribution is 0.242. The fourth-order valence-electron chi connectivity index (χ4n) is 1.03. The van der Waals surface area contributed by atoms with Gasteiger partial charge in [-0.1, -0.05) is 0 Å². The van der Waals surface area contributed by atoms with Crippen LogP contribution in [0.15, 0.2) is 24.3 Å². The number of rotatable bonds is 3. The molecule has 0 aliphatic heterocycles. The van der Waals surface area contributed by atoms with Crippen molar-refractivity contribution >= 4 is 23.0 Å². The predicted molar refractivity (Wildman–Crippen MR) is 62.6 cm³/mol. The molecule has 0 spiro atoms. The van der Waals surface area contributed by atoms with E-state index in [2.05, 4.69) is 5.32 Å². The minimum Gasteiger partial charge on any atom is -0.491 e. The first-order chi connectivity index (χ1) is 6.58. The van der Waals surface area contributed by atoms with Crippen molar-refractivity contribution in [2.45, 2.75) is 20.0 Å². The highest BCUT2D eigenvalue weighted by Crippen LogP contribution is 2.16. The maximum absolute atomic E-state index is 5.48. The lowest BCUT2D eigenvalue weighted by Gasteiger charge is -2.10. The van der Waals surface area contributed by atoms with Crippen molar-refractivity contribution in [2.75, 3.05) is 5.32 Å². The van der Waals surface area contributed by atoms with Gasteiger partial charge >= 0.3 is 0 Å². The second-order valence-corrected chi connectivity index (χ2v) is 3.62. The van der Waals surface area contributed by atoms with Gasteiger partial charge in [-0.05, 0) is 50.3 Å². The second kappa shape index (κ2) is 4.81. The summed E-state index contributed by atoms with van der Waals surface area (Å²) in [5.74, 6) is 0.841. The van der Waals surface area contributed by atoms with Gasteiger partial charge in [0.15, 0.2) is 5.11 Å². The van der Waals surface area contributed by atoms with Gasteiger partial charge in [0.1, 0.15) is 5.75 Å². The Morgan fingerprint density at radius 3 is 2.36 bits per heavy atom. The summed E-state index contributed by atoms with van der Waals surface area (Å²) in [6.45, 7) is 3.97. The average Bonchev–Trinajstić information content (AvgIpc) is 2.06. The van der Waals surface area contributed by atoms with Crippen molar-refractivity contribution in [2.24, 2.45) is 5.73 Å². The molecule has 3 N–H and O–H groups in total. The van der Waals surface area contributed by atoms with Gasteiger partial charge in [-0.3, -0.25) is 0 Å². The van der Waals surface area contributed by atoms with Crippen molar-refractivity contribution in [3.8, 4) is 5.75 Å². The van der Waals surface area contributed by atoms with E-state index in [9.17, 15) is 0 Å². The fourth-order valence-corrected chi connectivity index (χ4v) is 1.15. The zero-order valence-electron chi connectivity index (χ0n) is 8.28. The van der Waals surface area contributed by atoms with Gasteiger partial charge < -0.3 is 15.8 Å². The van der Waals surface area contributed by atoms with Gasteiger partial charge in [0.05, 0.1) is 6.10 Å². The average molecular weight is 210 g/mol. The number of benzene rings is 1. The molecular formula is C10H14N2OS. The van der Waals surface area contributed by atoms with E-state index in [0.717, 1.165) is 11.4 Å². The molecule has 3 nitrogen and oxygen atoms in total. The highest BCUT2D eigenvalue weighted by Gasteiger charge is 1.97. The zero-order valence-corrected chi connectivity index (χ0v) is 9.10. The molecule has 1 aromatic carbocycles. The summed E-state index contributed by atoms with van der Waals surface area (Å²) >= 11 is 4.72. The third-order valence-electron chi connectivity index (χ3n) is 1.49. The molecular weight excluding hydrogens is 196 g/mol. The van der Waals surface area contributed by atoms with Crippen molar-refractivity contribution in [3.63, 3.8) is 0 Å². The number of hydrogen-bond acceptors (Lipinski definition) is 2. The van der Waals surface area contributed by atoms with Crippen LogP contribution in [-0.2, 0) is 0 Å². The molecule has 1 aromatic rings. The lowest BCUT2D eigenvalue weighted by atomic mass is 10.3. The van der Waals surface area contributed by atoms with Crippen LogP contribution in [0.5, 0.6) is 5.75 Å². The molecule has 0 aromatic heterocycles. The van der Waals surface area contributed by atoms with E-state index in [1.54, 1.807) is 0 Å². The standard InChI is InChI=1S/C10H14N2OS/c1-7(2)13-9-5-3-8(4-6-9)12-10(11)14/h3-7H,1-2H3,(H3,11,12,14). The zero-order chi connectivity index (χ0) is 10.6. The maximum Gasteiger partial charge on any atom is 0.168 e. The Balaban J connectivity index is 2.63. The van der Waals surface area contributed by atoms with Gasteiger partial charge in [-0.15, -0.1) is 0 Å². The molecule has 0 saturated carbocycles. The van der Waals surface area contributed by atoms with Crippen LogP contribution in [0.25, 0.3) is 0 Å². The van der Waals surface area contributed by atoms with Crippen molar-refractivity contribution < 1.29 is 4.74 Å². The summed E-state index contributed by atoms with van der Waals surface area (Å²) in [6, 6.07) is 7.49. The summed E-state index contributed by atoms with van der Waals surface area (Å²) in [6.07, 6.45) is 0.185. The molecule has 0 bridgehead atoms. The number of hydrogen-bond donors (Lipinski definition) is 2. The SMILES string of the molecule is CC(C)Oc1ccc(NC(N)=S)cc1. The first kappa shape index (κ1) is 10.8. The third-order valence-corrected chi connectivity index (χ3v) is 1.60. The fraction of sp³-hybridized carbons (Fsp3) is 0.300. The third kappa shape index (κ3) is 3.62. The molecule has 0 amide bonds. The van der Waals surface area contributed by atoms with Gasteiger partial charge in [-0.2, -0.15) is 0 Å².